The molecule has 1 aliphatic carbocycles. The first-order valence-electron chi connectivity index (χ1n) is 50.4. The minimum absolute atomic E-state index is 0.140. The Balaban J connectivity index is 0.000000102. The second-order valence-electron chi connectivity index (χ2n) is 38.7. The molecule has 0 amide bonds. The summed E-state index contributed by atoms with van der Waals surface area (Å²) >= 11 is 0. The number of rotatable bonds is 11. The van der Waals surface area contributed by atoms with Crippen LogP contribution in [0.1, 0.15) is 22.6 Å². The van der Waals surface area contributed by atoms with Crippen molar-refractivity contribution in [1.29, 1.82) is 0 Å². The summed E-state index contributed by atoms with van der Waals surface area (Å²) in [6.45, 7) is 0. The van der Waals surface area contributed by atoms with Gasteiger partial charge >= 0.3 is 0 Å². The second-order valence-corrected chi connectivity index (χ2v) is 38.7. The quantitative estimate of drug-likeness (QED) is 0.130. The molecule has 1 atom stereocenters. The minimum Gasteiger partial charge on any atom is -0.456 e. The first-order chi connectivity index (χ1) is 72.9. The number of nitrogens with zero attached hydrogens (tertiary/aromatic N) is 5. The van der Waals surface area contributed by atoms with Gasteiger partial charge < -0.3 is 36.1 Å². The molecule has 0 saturated carbocycles. The molecule has 32 rings (SSSR count). The first-order valence-corrected chi connectivity index (χ1v) is 50.4. The third-order valence-electron chi connectivity index (χ3n) is 30.8. The molecule has 1 unspecified atom stereocenters. The van der Waals surface area contributed by atoms with Crippen LogP contribution in [0.2, 0.25) is 0 Å². The number of hydrogen-bond acceptors (Lipinski definition) is 3. The lowest BCUT2D eigenvalue weighted by Gasteiger charge is -2.16. The summed E-state index contributed by atoms with van der Waals surface area (Å²) in [4.78, 5) is 0. The number of aromatic nitrogens is 5. The van der Waals surface area contributed by atoms with Crippen molar-refractivity contribution in [3.8, 4) is 95.2 Å². The summed E-state index contributed by atoms with van der Waals surface area (Å²) in [5.74, 6) is 0.140. The number of benzene rings is 23. The van der Waals surface area contributed by atoms with Crippen LogP contribution in [-0.4, -0.2) is 22.8 Å². The Morgan fingerprint density at radius 3 is 0.932 bits per heavy atom. The van der Waals surface area contributed by atoms with Gasteiger partial charge in [0.2, 0.25) is 0 Å². The van der Waals surface area contributed by atoms with Gasteiger partial charge in [-0.3, -0.25) is 0 Å². The molecule has 31 aromatic rings. The van der Waals surface area contributed by atoms with Gasteiger partial charge in [-0.05, 0) is 249 Å². The van der Waals surface area contributed by atoms with Crippen LogP contribution in [0, 0.1) is 0 Å². The minimum atomic E-state index is 0.140. The van der Waals surface area contributed by atoms with Gasteiger partial charge in [0.25, 0.3) is 0 Å². The van der Waals surface area contributed by atoms with Gasteiger partial charge in [0, 0.05) is 126 Å². The van der Waals surface area contributed by atoms with E-state index < -0.39 is 0 Å². The number of hydrogen-bond donors (Lipinski definition) is 0. The molecular formula is C139H87N5O3. The summed E-state index contributed by atoms with van der Waals surface area (Å²) in [5, 5.41) is 19.4. The lowest BCUT2D eigenvalue weighted by atomic mass is 9.86. The van der Waals surface area contributed by atoms with Crippen LogP contribution in [0.5, 0.6) is 0 Å². The van der Waals surface area contributed by atoms with E-state index in [2.05, 4.69) is 520 Å². The maximum absolute atomic E-state index is 6.52. The van der Waals surface area contributed by atoms with E-state index in [1.54, 1.807) is 0 Å². The normalized spacial score (nSPS) is 12.6. The van der Waals surface area contributed by atoms with Gasteiger partial charge in [-0.1, -0.05) is 340 Å². The van der Waals surface area contributed by atoms with Crippen LogP contribution in [0.3, 0.4) is 0 Å². The van der Waals surface area contributed by atoms with Crippen molar-refractivity contribution in [2.45, 2.75) is 5.92 Å². The number of fused-ring (bicyclic) bond motifs is 27. The molecule has 1 aliphatic rings. The molecular weight excluding hydrogens is 1790 g/mol. The van der Waals surface area contributed by atoms with Gasteiger partial charge in [0.05, 0.1) is 66.5 Å². The third kappa shape index (κ3) is 13.3. The van der Waals surface area contributed by atoms with Gasteiger partial charge in [0.15, 0.2) is 0 Å². The van der Waals surface area contributed by atoms with Gasteiger partial charge in [-0.25, -0.2) is 0 Å². The molecule has 686 valence electrons. The Morgan fingerprint density at radius 2 is 0.442 bits per heavy atom. The molecule has 8 nitrogen and oxygen atoms in total. The Hall–Kier alpha value is -19.5. The number of para-hydroxylation sites is 14. The lowest BCUT2D eigenvalue weighted by Crippen LogP contribution is -2.00. The highest BCUT2D eigenvalue weighted by atomic mass is 16.3. The smallest absolute Gasteiger partial charge is 0.143 e. The van der Waals surface area contributed by atoms with Crippen molar-refractivity contribution in [3.63, 3.8) is 0 Å². The molecule has 0 fully saturated rings. The molecule has 147 heavy (non-hydrogen) atoms. The number of furan rings is 3. The van der Waals surface area contributed by atoms with Crippen LogP contribution < -0.4 is 0 Å². The predicted octanol–water partition coefficient (Wildman–Crippen LogP) is 37.7. The van der Waals surface area contributed by atoms with E-state index in [0.29, 0.717) is 0 Å². The maximum atomic E-state index is 6.52. The molecule has 0 bridgehead atoms. The fourth-order valence-electron chi connectivity index (χ4n) is 24.3. The average molecular weight is 1880 g/mol. The van der Waals surface area contributed by atoms with Crippen molar-refractivity contribution in [2.75, 3.05) is 0 Å². The van der Waals surface area contributed by atoms with E-state index in [-0.39, 0.29) is 5.92 Å². The molecule has 0 N–H and O–H groups in total. The van der Waals surface area contributed by atoms with Crippen LogP contribution in [-0.2, 0) is 0 Å². The van der Waals surface area contributed by atoms with Crippen LogP contribution in [0.15, 0.2) is 535 Å². The Kier molecular flexibility index (Phi) is 19.0. The van der Waals surface area contributed by atoms with Gasteiger partial charge in [0.1, 0.15) is 33.5 Å². The fourth-order valence-corrected chi connectivity index (χ4v) is 24.3. The van der Waals surface area contributed by atoms with E-state index in [0.717, 1.165) is 88.7 Å². The van der Waals surface area contributed by atoms with Crippen molar-refractivity contribution in [1.82, 2.24) is 22.8 Å². The summed E-state index contributed by atoms with van der Waals surface area (Å²) in [5.41, 5.74) is 41.7. The summed E-state index contributed by atoms with van der Waals surface area (Å²) in [6.07, 6.45) is 0. The van der Waals surface area contributed by atoms with Crippen LogP contribution in [0.25, 0.3) is 270 Å². The molecule has 0 aliphatic heterocycles. The average Bonchev–Trinajstić information content (AvgIpc) is 1.57. The fraction of sp³-hybridized carbons (Fsp3) is 0.00719. The SMILES string of the molecule is c1ccc(-n2c3ccccc3c3cc(-c4ccc5c(c4)-c4ccccc4C5c4cccc5oc6ccccc6c45)ccc32)cc1.c1ccc(-n2c3ccccc3c3cc(-c4ccc5c(c4)c4ccccc4n5-c4ccccc4-c4ccc5c(c4)oc4ccccc45)ccc32)cc1.c1ccc(-n2c3ccccc3c3cc(-c4ccc5c(c4)c4ccccc4n5-c4ccccc4-c4cccc5c4oc4ccccc45)ccc32)cc1. The highest BCUT2D eigenvalue weighted by molar-refractivity contribution is 6.19. The largest absolute Gasteiger partial charge is 0.456 e. The van der Waals surface area contributed by atoms with E-state index in [9.17, 15) is 0 Å². The molecule has 0 saturated heterocycles. The van der Waals surface area contributed by atoms with Crippen molar-refractivity contribution in [2.24, 2.45) is 0 Å². The first kappa shape index (κ1) is 83.3. The highest BCUT2D eigenvalue weighted by Crippen LogP contribution is 2.54. The molecule has 8 aromatic heterocycles. The molecule has 0 spiro atoms. The summed E-state index contributed by atoms with van der Waals surface area (Å²) < 4.78 is 31.1. The molecule has 0 radical (unpaired) electrons. The summed E-state index contributed by atoms with van der Waals surface area (Å²) in [6, 6.07) is 188. The van der Waals surface area contributed by atoms with Crippen molar-refractivity contribution in [3.05, 3.63) is 538 Å². The molecule has 23 aromatic carbocycles. The Labute approximate surface area is 844 Å². The zero-order valence-corrected chi connectivity index (χ0v) is 79.7. The van der Waals surface area contributed by atoms with Crippen LogP contribution >= 0.6 is 0 Å². The van der Waals surface area contributed by atoms with Crippen molar-refractivity contribution >= 4 is 175 Å². The topological polar surface area (TPSA) is 64.1 Å². The van der Waals surface area contributed by atoms with Gasteiger partial charge in [-0.15, -0.1) is 0 Å². The lowest BCUT2D eigenvalue weighted by molar-refractivity contribution is 0.668. The van der Waals surface area contributed by atoms with Crippen molar-refractivity contribution < 1.29 is 13.3 Å². The van der Waals surface area contributed by atoms with Crippen LogP contribution in [0.4, 0.5) is 0 Å². The zero-order chi connectivity index (χ0) is 96.4. The predicted molar refractivity (Wildman–Crippen MR) is 613 cm³/mol. The zero-order valence-electron chi connectivity index (χ0n) is 79.7. The third-order valence-corrected chi connectivity index (χ3v) is 30.8. The highest BCUT2D eigenvalue weighted by Gasteiger charge is 2.34. The Bertz CT molecular complexity index is 10800. The maximum Gasteiger partial charge on any atom is 0.143 e. The second kappa shape index (κ2) is 33.6. The molecule has 8 heteroatoms. The van der Waals surface area contributed by atoms with Gasteiger partial charge in [-0.2, -0.15) is 0 Å². The summed E-state index contributed by atoms with van der Waals surface area (Å²) in [7, 11) is 0. The Morgan fingerprint density at radius 1 is 0.143 bits per heavy atom. The monoisotopic (exact) mass is 1870 g/mol. The van der Waals surface area contributed by atoms with E-state index in [4.69, 9.17) is 13.3 Å². The van der Waals surface area contributed by atoms with E-state index in [1.807, 2.05) is 24.3 Å². The molecule has 8 heterocycles. The van der Waals surface area contributed by atoms with E-state index >= 15 is 0 Å². The van der Waals surface area contributed by atoms with E-state index in [1.165, 1.54) is 198 Å². The standard InChI is InChI=1S/2C48H30N2O.C43H27NO/c1-2-13-33(14-3-1)49-42-21-8-5-16-35(42)40-29-31(25-27-45(40)49)32-26-28-46-41(30-32)36-17-6-10-23-44(36)50(46)43-22-9-4-15-34(43)38-19-12-20-39-37-18-7-11-24-47(37)51-48(38)39;1-2-12-34(13-3-1)49-43-19-9-5-15-36(43)40-28-31(23-26-45(40)49)32-24-27-46-41(29-32)37-16-6-10-20-44(37)50(46)42-18-8-4-14-35(42)33-22-25-39-38-17-7-11-21-47(38)51-48(39)30-33;1-2-11-29(12-3-1)44-38-18-8-6-14-31(38)37-26-28(22-24-39(37)44)27-21-23-33-36(25-27)30-13-4-5-15-32(30)42(33)35-17-10-20-41-43(35)34-16-7-9-19-40(34)45-41/h2*1-30H;1-26,42H.